The van der Waals surface area contributed by atoms with Gasteiger partial charge in [-0.25, -0.2) is 4.79 Å². The number of benzene rings is 2. The summed E-state index contributed by atoms with van der Waals surface area (Å²) in [6.45, 7) is -0.0394. The maximum atomic E-state index is 13.6. The summed E-state index contributed by atoms with van der Waals surface area (Å²) in [6, 6.07) is 4.23. The number of Topliss-reactive ketones (excluding diaryl/α,β-unsaturated/α-hetero) is 2. The number of carboxylic acids is 1. The van der Waals surface area contributed by atoms with Crippen LogP contribution in [-0.4, -0.2) is 92.3 Å². The number of para-hydroxylation sites is 1. The molecule has 2 aromatic rings. The molecule has 0 bridgehead atoms. The molecule has 42 heavy (non-hydrogen) atoms. The van der Waals surface area contributed by atoms with Crippen LogP contribution in [0, 0.1) is 0 Å². The van der Waals surface area contributed by atoms with Gasteiger partial charge in [0.15, 0.2) is 23.1 Å². The Kier molecular flexibility index (Phi) is 8.73. The summed E-state index contributed by atoms with van der Waals surface area (Å²) in [7, 11) is -1.51. The number of hydrogen-bond donors (Lipinski definition) is 5. The number of hydrogen-bond acceptors (Lipinski definition) is 10. The molecule has 2 aliphatic rings. The molecule has 1 fully saturated rings. The molecule has 4 amide bonds. The van der Waals surface area contributed by atoms with Gasteiger partial charge in [-0.2, -0.15) is 0 Å². The van der Waals surface area contributed by atoms with Crippen molar-refractivity contribution in [1.82, 2.24) is 15.1 Å². The molecule has 2 aliphatic heterocycles. The van der Waals surface area contributed by atoms with Gasteiger partial charge in [-0.3, -0.25) is 28.9 Å². The molecule has 1 saturated heterocycles. The lowest BCUT2D eigenvalue weighted by atomic mass is 9.64. The van der Waals surface area contributed by atoms with E-state index in [9.17, 15) is 44.0 Å². The molecule has 220 valence electrons. The lowest BCUT2D eigenvalue weighted by Crippen LogP contribution is -2.59. The number of urea groups is 1. The number of nitrogens with zero attached hydrogens (tertiary/aromatic N) is 2. The molecule has 2 heterocycles. The minimum Gasteiger partial charge on any atom is -0.535 e. The molecule has 2 aromatic carbocycles. The van der Waals surface area contributed by atoms with Gasteiger partial charge >= 0.3 is 30.9 Å². The van der Waals surface area contributed by atoms with Gasteiger partial charge in [0, 0.05) is 30.9 Å². The number of amides is 4. The number of nitrogens with one attached hydrogen (secondary N) is 1. The van der Waals surface area contributed by atoms with Crippen molar-refractivity contribution in [1.29, 1.82) is 0 Å². The Labute approximate surface area is 243 Å². The summed E-state index contributed by atoms with van der Waals surface area (Å²) in [5.41, 5.74) is 0.671. The fourth-order valence-corrected chi connectivity index (χ4v) is 5.09. The fraction of sp³-hybridized carbons (Fsp3) is 0.308. The first-order chi connectivity index (χ1) is 19.8. The molecule has 0 spiro atoms. The van der Waals surface area contributed by atoms with E-state index in [4.69, 9.17) is 21.4 Å². The van der Waals surface area contributed by atoms with Crippen LogP contribution < -0.4 is 9.97 Å². The lowest BCUT2D eigenvalue weighted by molar-refractivity contribution is -0.156. The van der Waals surface area contributed by atoms with E-state index < -0.39 is 78.1 Å². The number of piperazine rings is 1. The predicted molar refractivity (Wildman–Crippen MR) is 144 cm³/mol. The third kappa shape index (κ3) is 6.01. The van der Waals surface area contributed by atoms with Gasteiger partial charge in [0.25, 0.3) is 0 Å². The van der Waals surface area contributed by atoms with Crippen molar-refractivity contribution in [3.05, 3.63) is 52.0 Å². The van der Waals surface area contributed by atoms with Crippen molar-refractivity contribution in [2.24, 2.45) is 0 Å². The quantitative estimate of drug-likeness (QED) is 0.124. The molecule has 0 radical (unpaired) electrons. The summed E-state index contributed by atoms with van der Waals surface area (Å²) in [6.07, 6.45) is -0.288. The lowest BCUT2D eigenvalue weighted by Gasteiger charge is -2.33. The van der Waals surface area contributed by atoms with Crippen LogP contribution in [0.3, 0.4) is 0 Å². The van der Waals surface area contributed by atoms with Crippen molar-refractivity contribution < 1.29 is 53.8 Å². The van der Waals surface area contributed by atoms with E-state index in [1.54, 1.807) is 12.1 Å². The Bertz CT molecular complexity index is 1500. The number of carboxylic acid groups (broad SMARTS) is 1. The van der Waals surface area contributed by atoms with E-state index in [0.717, 1.165) is 11.0 Å². The highest BCUT2D eigenvalue weighted by molar-refractivity contribution is 6.47. The molecule has 14 nitrogen and oxygen atoms in total. The van der Waals surface area contributed by atoms with Crippen molar-refractivity contribution in [2.45, 2.75) is 31.6 Å². The average Bonchev–Trinajstić information content (AvgIpc) is 2.93. The van der Waals surface area contributed by atoms with Gasteiger partial charge in [-0.05, 0) is 31.0 Å². The van der Waals surface area contributed by atoms with E-state index in [1.165, 1.54) is 19.1 Å². The summed E-state index contributed by atoms with van der Waals surface area (Å²) in [5.74, 6) is -6.95. The molecule has 0 aromatic heterocycles. The number of phenols is 2. The van der Waals surface area contributed by atoms with E-state index in [2.05, 4.69) is 5.32 Å². The number of halogens is 1. The van der Waals surface area contributed by atoms with Crippen LogP contribution in [-0.2, 0) is 25.6 Å². The molecular formula is C26H25BClN3O11. The summed E-state index contributed by atoms with van der Waals surface area (Å²) >= 11 is 6.19. The Morgan fingerprint density at radius 2 is 1.83 bits per heavy atom. The number of carbonyl (C=O) groups excluding carboxylic acids is 5. The number of imide groups is 1. The largest absolute Gasteiger partial charge is 0.535 e. The Morgan fingerprint density at radius 1 is 1.12 bits per heavy atom. The first-order valence-electron chi connectivity index (χ1n) is 12.6. The second-order valence-electron chi connectivity index (χ2n) is 9.79. The molecule has 5 N–H and O–H groups in total. The highest BCUT2D eigenvalue weighted by Crippen LogP contribution is 2.41. The summed E-state index contributed by atoms with van der Waals surface area (Å²) in [4.78, 5) is 75.9. The van der Waals surface area contributed by atoms with Crippen LogP contribution in [0.15, 0.2) is 30.3 Å². The number of ketones is 2. The highest BCUT2D eigenvalue weighted by Gasteiger charge is 2.41. The minimum atomic E-state index is -1.63. The van der Waals surface area contributed by atoms with Crippen LogP contribution in [0.25, 0.3) is 0 Å². The van der Waals surface area contributed by atoms with Crippen molar-refractivity contribution in [3.63, 3.8) is 0 Å². The van der Waals surface area contributed by atoms with Crippen molar-refractivity contribution in [3.8, 4) is 17.2 Å². The molecular weight excluding hydrogens is 577 g/mol. The van der Waals surface area contributed by atoms with Crippen LogP contribution in [0.1, 0.15) is 40.9 Å². The van der Waals surface area contributed by atoms with Crippen molar-refractivity contribution >= 4 is 54.1 Å². The van der Waals surface area contributed by atoms with Crippen LogP contribution in [0.2, 0.25) is 10.8 Å². The SMILES string of the molecule is CC(=O)c1cccc2c1OB(O)[C@@H](CC(=O)C(NC(=O)N1CCN(CC(=O)O)C(=O)C1=O)c1ccc(O)c(O)c1Cl)C2. The zero-order valence-corrected chi connectivity index (χ0v) is 22.8. The maximum Gasteiger partial charge on any atom is 0.526 e. The van der Waals surface area contributed by atoms with E-state index in [-0.39, 0.29) is 42.2 Å². The number of carbonyl (C=O) groups is 6. The van der Waals surface area contributed by atoms with Crippen LogP contribution >= 0.6 is 11.6 Å². The van der Waals surface area contributed by atoms with Gasteiger partial charge in [0.05, 0.1) is 10.6 Å². The standard InChI is InChI=1S/C26H25BClN3O11/c1-12(32)15-4-2-3-13-9-14(27(41)42-23(13)15)10-18(34)21(16-5-6-17(33)22(37)20(16)28)29-26(40)31-8-7-30(11-19(35)36)24(38)25(31)39/h2-6,14,21,33,37,41H,7-11H2,1H3,(H,29,40)(H,35,36)/t14-,21?/m1/s1. The van der Waals surface area contributed by atoms with Gasteiger partial charge in [-0.15, -0.1) is 0 Å². The third-order valence-electron chi connectivity index (χ3n) is 6.97. The van der Waals surface area contributed by atoms with Gasteiger partial charge in [0.1, 0.15) is 18.3 Å². The number of rotatable bonds is 8. The van der Waals surface area contributed by atoms with Crippen molar-refractivity contribution in [2.75, 3.05) is 19.6 Å². The minimum absolute atomic E-state index is 0.122. The zero-order valence-electron chi connectivity index (χ0n) is 22.1. The normalized spacial score (nSPS) is 17.3. The first kappa shape index (κ1) is 30.3. The first-order valence-corrected chi connectivity index (χ1v) is 13.0. The summed E-state index contributed by atoms with van der Waals surface area (Å²) < 4.78 is 5.58. The zero-order chi connectivity index (χ0) is 30.9. The maximum absolute atomic E-state index is 13.6. The number of aromatic hydroxyl groups is 2. The molecule has 2 atom stereocenters. The Hall–Kier alpha value is -4.63. The topological polar surface area (TPSA) is 211 Å². The van der Waals surface area contributed by atoms with Crippen LogP contribution in [0.4, 0.5) is 4.79 Å². The van der Waals surface area contributed by atoms with Gasteiger partial charge in [-0.1, -0.05) is 29.8 Å². The molecule has 4 rings (SSSR count). The predicted octanol–water partition coefficient (Wildman–Crippen LogP) is 0.905. The van der Waals surface area contributed by atoms with Crippen LogP contribution in [0.5, 0.6) is 17.2 Å². The number of fused-ring (bicyclic) bond motifs is 1. The molecule has 0 saturated carbocycles. The average molecular weight is 602 g/mol. The Morgan fingerprint density at radius 3 is 2.50 bits per heavy atom. The molecule has 0 aliphatic carbocycles. The second kappa shape index (κ2) is 12.1. The summed E-state index contributed by atoms with van der Waals surface area (Å²) in [5, 5.41) is 41.5. The third-order valence-corrected chi connectivity index (χ3v) is 7.37. The smallest absolute Gasteiger partial charge is 0.526 e. The monoisotopic (exact) mass is 601 g/mol. The van der Waals surface area contributed by atoms with E-state index in [1.807, 2.05) is 0 Å². The van der Waals surface area contributed by atoms with E-state index >= 15 is 0 Å². The number of aliphatic carboxylic acids is 1. The molecule has 16 heteroatoms. The Balaban J connectivity index is 1.59. The fourth-order valence-electron chi connectivity index (χ4n) is 4.82. The van der Waals surface area contributed by atoms with Gasteiger partial charge < -0.3 is 35.2 Å². The van der Waals surface area contributed by atoms with Gasteiger partial charge in [0.2, 0.25) is 0 Å². The second-order valence-corrected chi connectivity index (χ2v) is 10.2. The van der Waals surface area contributed by atoms with E-state index in [0.29, 0.717) is 10.5 Å². The molecule has 1 unspecified atom stereocenters. The number of phenolic OH excluding ortho intramolecular Hbond substituents is 2. The highest BCUT2D eigenvalue weighted by atomic mass is 35.5.